The summed E-state index contributed by atoms with van der Waals surface area (Å²) in [6.45, 7) is 1.50. The molecule has 2 aromatic carbocycles. The van der Waals surface area contributed by atoms with Gasteiger partial charge < -0.3 is 15.5 Å². The fourth-order valence-electron chi connectivity index (χ4n) is 4.05. The SMILES string of the molecule is O=C1Cc2c(cccc2C(=O)NCc2ccc(C(F)(F)F)cc2N2CCCCC2)N1. The van der Waals surface area contributed by atoms with Gasteiger partial charge in [-0.2, -0.15) is 13.2 Å². The minimum absolute atomic E-state index is 0.105. The first-order valence-electron chi connectivity index (χ1n) is 9.98. The number of hydrogen-bond acceptors (Lipinski definition) is 3. The largest absolute Gasteiger partial charge is 0.416 e. The summed E-state index contributed by atoms with van der Waals surface area (Å²) in [7, 11) is 0. The highest BCUT2D eigenvalue weighted by Gasteiger charge is 2.32. The molecule has 0 radical (unpaired) electrons. The van der Waals surface area contributed by atoms with Crippen molar-refractivity contribution < 1.29 is 22.8 Å². The second-order valence-electron chi connectivity index (χ2n) is 7.63. The molecule has 158 valence electrons. The zero-order valence-electron chi connectivity index (χ0n) is 16.3. The molecule has 1 saturated heterocycles. The van der Waals surface area contributed by atoms with Gasteiger partial charge in [-0.05, 0) is 54.7 Å². The molecule has 0 bridgehead atoms. The number of carbonyl (C=O) groups excluding carboxylic acids is 2. The first kappa shape index (κ1) is 20.3. The van der Waals surface area contributed by atoms with Crippen molar-refractivity contribution in [2.75, 3.05) is 23.3 Å². The van der Waals surface area contributed by atoms with E-state index < -0.39 is 11.7 Å². The van der Waals surface area contributed by atoms with Gasteiger partial charge >= 0.3 is 6.18 Å². The minimum Gasteiger partial charge on any atom is -0.371 e. The van der Waals surface area contributed by atoms with Gasteiger partial charge in [0.25, 0.3) is 5.91 Å². The molecule has 2 heterocycles. The summed E-state index contributed by atoms with van der Waals surface area (Å²) in [5.41, 5.74) is 2.13. The molecule has 2 aliphatic heterocycles. The Morgan fingerprint density at radius 1 is 1.10 bits per heavy atom. The maximum atomic E-state index is 13.2. The molecular formula is C22H22F3N3O2. The first-order chi connectivity index (χ1) is 14.3. The van der Waals surface area contributed by atoms with Crippen molar-refractivity contribution in [2.24, 2.45) is 0 Å². The van der Waals surface area contributed by atoms with Crippen LogP contribution < -0.4 is 15.5 Å². The van der Waals surface area contributed by atoms with Crippen molar-refractivity contribution >= 4 is 23.2 Å². The third-order valence-corrected chi connectivity index (χ3v) is 5.58. The number of nitrogens with zero attached hydrogens (tertiary/aromatic N) is 1. The number of anilines is 2. The predicted octanol–water partition coefficient (Wildman–Crippen LogP) is 4.12. The number of piperidine rings is 1. The second-order valence-corrected chi connectivity index (χ2v) is 7.63. The summed E-state index contributed by atoms with van der Waals surface area (Å²) in [6.07, 6.45) is -1.36. The smallest absolute Gasteiger partial charge is 0.371 e. The van der Waals surface area contributed by atoms with Crippen molar-refractivity contribution in [3.63, 3.8) is 0 Å². The van der Waals surface area contributed by atoms with Crippen LogP contribution in [0, 0.1) is 0 Å². The lowest BCUT2D eigenvalue weighted by Crippen LogP contribution is -2.32. The third-order valence-electron chi connectivity index (χ3n) is 5.58. The lowest BCUT2D eigenvalue weighted by molar-refractivity contribution is -0.137. The highest BCUT2D eigenvalue weighted by molar-refractivity contribution is 6.05. The van der Waals surface area contributed by atoms with E-state index in [1.54, 1.807) is 18.2 Å². The first-order valence-corrected chi connectivity index (χ1v) is 9.98. The quantitative estimate of drug-likeness (QED) is 0.787. The van der Waals surface area contributed by atoms with Crippen LogP contribution in [-0.4, -0.2) is 24.9 Å². The van der Waals surface area contributed by atoms with E-state index in [9.17, 15) is 22.8 Å². The molecule has 2 aliphatic rings. The van der Waals surface area contributed by atoms with E-state index in [2.05, 4.69) is 10.6 Å². The van der Waals surface area contributed by atoms with Gasteiger partial charge in [-0.25, -0.2) is 0 Å². The lowest BCUT2D eigenvalue weighted by atomic mass is 10.0. The van der Waals surface area contributed by atoms with Crippen LogP contribution in [0.3, 0.4) is 0 Å². The van der Waals surface area contributed by atoms with Crippen LogP contribution in [-0.2, 0) is 23.9 Å². The fraction of sp³-hybridized carbons (Fsp3) is 0.364. The molecule has 4 rings (SSSR count). The molecule has 0 aliphatic carbocycles. The van der Waals surface area contributed by atoms with Crippen LogP contribution in [0.1, 0.15) is 46.3 Å². The Labute approximate surface area is 172 Å². The molecule has 0 unspecified atom stereocenters. The van der Waals surface area contributed by atoms with Gasteiger partial charge in [0.1, 0.15) is 0 Å². The Hall–Kier alpha value is -3.03. The highest BCUT2D eigenvalue weighted by atomic mass is 19.4. The number of alkyl halides is 3. The molecule has 2 amide bonds. The topological polar surface area (TPSA) is 61.4 Å². The third kappa shape index (κ3) is 4.13. The van der Waals surface area contributed by atoms with Gasteiger partial charge in [-0.15, -0.1) is 0 Å². The van der Waals surface area contributed by atoms with Crippen LogP contribution in [0.5, 0.6) is 0 Å². The zero-order valence-corrected chi connectivity index (χ0v) is 16.3. The molecule has 2 aromatic rings. The summed E-state index contributed by atoms with van der Waals surface area (Å²) < 4.78 is 39.7. The molecule has 8 heteroatoms. The number of nitrogens with one attached hydrogen (secondary N) is 2. The van der Waals surface area contributed by atoms with Crippen LogP contribution in [0.25, 0.3) is 0 Å². The molecular weight excluding hydrogens is 395 g/mol. The van der Waals surface area contributed by atoms with Gasteiger partial charge in [0.2, 0.25) is 5.91 Å². The average Bonchev–Trinajstić information content (AvgIpc) is 3.12. The van der Waals surface area contributed by atoms with Gasteiger partial charge in [0.15, 0.2) is 0 Å². The number of benzene rings is 2. The van der Waals surface area contributed by atoms with Crippen molar-refractivity contribution in [1.82, 2.24) is 5.32 Å². The summed E-state index contributed by atoms with van der Waals surface area (Å²) in [5, 5.41) is 5.52. The molecule has 0 aromatic heterocycles. The van der Waals surface area contributed by atoms with Crippen molar-refractivity contribution in [3.8, 4) is 0 Å². The van der Waals surface area contributed by atoms with Gasteiger partial charge in [-0.3, -0.25) is 9.59 Å². The molecule has 5 nitrogen and oxygen atoms in total. The van der Waals surface area contributed by atoms with E-state index in [1.807, 2.05) is 4.90 Å². The second kappa shape index (κ2) is 8.01. The van der Waals surface area contributed by atoms with E-state index >= 15 is 0 Å². The van der Waals surface area contributed by atoms with Crippen molar-refractivity contribution in [2.45, 2.75) is 38.4 Å². The molecule has 2 N–H and O–H groups in total. The van der Waals surface area contributed by atoms with E-state index in [1.165, 1.54) is 12.1 Å². The van der Waals surface area contributed by atoms with Gasteiger partial charge in [0, 0.05) is 36.6 Å². The molecule has 0 saturated carbocycles. The standard InChI is InChI=1S/C22H22F3N3O2/c23-22(24,25)15-8-7-14(19(11-15)28-9-2-1-3-10-28)13-26-21(30)16-5-4-6-18-17(16)12-20(29)27-18/h4-8,11H,1-3,9-10,12-13H2,(H,26,30)(H,27,29). The van der Waals surface area contributed by atoms with Crippen LogP contribution in [0.4, 0.5) is 24.5 Å². The van der Waals surface area contributed by atoms with E-state index in [0.717, 1.165) is 25.3 Å². The molecule has 30 heavy (non-hydrogen) atoms. The number of hydrogen-bond donors (Lipinski definition) is 2. The number of fused-ring (bicyclic) bond motifs is 1. The van der Waals surface area contributed by atoms with E-state index in [-0.39, 0.29) is 24.8 Å². The molecule has 1 fully saturated rings. The van der Waals surface area contributed by atoms with Crippen molar-refractivity contribution in [3.05, 3.63) is 58.7 Å². The molecule has 0 spiro atoms. The number of rotatable bonds is 4. The monoisotopic (exact) mass is 417 g/mol. The number of carbonyl (C=O) groups is 2. The Kier molecular flexibility index (Phi) is 5.40. The molecule has 0 atom stereocenters. The normalized spacial score (nSPS) is 16.2. The zero-order chi connectivity index (χ0) is 21.3. The Bertz CT molecular complexity index is 982. The van der Waals surface area contributed by atoms with Crippen LogP contribution in [0.15, 0.2) is 36.4 Å². The number of amides is 2. The highest BCUT2D eigenvalue weighted by Crippen LogP contribution is 2.34. The predicted molar refractivity (Wildman–Crippen MR) is 107 cm³/mol. The fourth-order valence-corrected chi connectivity index (χ4v) is 4.05. The minimum atomic E-state index is -4.42. The van der Waals surface area contributed by atoms with Crippen LogP contribution in [0.2, 0.25) is 0 Å². The maximum absolute atomic E-state index is 13.2. The summed E-state index contributed by atoms with van der Waals surface area (Å²) >= 11 is 0. The van der Waals surface area contributed by atoms with Gasteiger partial charge in [-0.1, -0.05) is 12.1 Å². The van der Waals surface area contributed by atoms with E-state index in [0.29, 0.717) is 41.2 Å². The average molecular weight is 417 g/mol. The number of halogens is 3. The lowest BCUT2D eigenvalue weighted by Gasteiger charge is -2.31. The maximum Gasteiger partial charge on any atom is 0.416 e. The summed E-state index contributed by atoms with van der Waals surface area (Å²) in [6, 6.07) is 8.74. The van der Waals surface area contributed by atoms with E-state index in [4.69, 9.17) is 0 Å². The van der Waals surface area contributed by atoms with Crippen molar-refractivity contribution in [1.29, 1.82) is 0 Å². The van der Waals surface area contributed by atoms with Crippen LogP contribution >= 0.6 is 0 Å². The summed E-state index contributed by atoms with van der Waals surface area (Å²) in [5.74, 6) is -0.520. The Balaban J connectivity index is 1.56. The Morgan fingerprint density at radius 2 is 1.87 bits per heavy atom. The Morgan fingerprint density at radius 3 is 2.60 bits per heavy atom. The summed E-state index contributed by atoms with van der Waals surface area (Å²) in [4.78, 5) is 26.4. The van der Waals surface area contributed by atoms with Gasteiger partial charge in [0.05, 0.1) is 12.0 Å².